The molecular weight excluding hydrogens is 221 g/mol. The van der Waals surface area contributed by atoms with Crippen LogP contribution in [-0.4, -0.2) is 12.2 Å². The Morgan fingerprint density at radius 1 is 1.57 bits per heavy atom. The summed E-state index contributed by atoms with van der Waals surface area (Å²) in [5, 5.41) is 5.18. The van der Waals surface area contributed by atoms with E-state index in [-0.39, 0.29) is 6.04 Å². The van der Waals surface area contributed by atoms with Crippen molar-refractivity contribution in [2.24, 2.45) is 0 Å². The fourth-order valence-corrected chi connectivity index (χ4v) is 2.76. The third-order valence-electron chi connectivity index (χ3n) is 2.68. The highest BCUT2D eigenvalue weighted by molar-refractivity contribution is 7.14. The minimum Gasteiger partial charge on any atom is -0.307 e. The van der Waals surface area contributed by atoms with Crippen LogP contribution >= 0.6 is 22.9 Å². The predicted octanol–water partition coefficient (Wildman–Crippen LogP) is 3.38. The molecular formula is C10H13ClFNS. The van der Waals surface area contributed by atoms with Crippen molar-refractivity contribution in [3.05, 3.63) is 21.3 Å². The maximum absolute atomic E-state index is 13.2. The Bertz CT molecular complexity index is 302. The molecule has 1 nitrogen and oxygen atoms in total. The summed E-state index contributed by atoms with van der Waals surface area (Å²) in [5.74, 6) is 0. The van der Waals surface area contributed by atoms with E-state index in [4.69, 9.17) is 11.6 Å². The van der Waals surface area contributed by atoms with Crippen molar-refractivity contribution in [1.82, 2.24) is 5.32 Å². The fourth-order valence-electron chi connectivity index (χ4n) is 1.83. The first-order valence-corrected chi connectivity index (χ1v) is 6.12. The topological polar surface area (TPSA) is 12.0 Å². The largest absolute Gasteiger partial charge is 0.307 e. The van der Waals surface area contributed by atoms with Gasteiger partial charge in [-0.1, -0.05) is 11.6 Å². The molecule has 0 amide bonds. The molecule has 1 N–H and O–H groups in total. The van der Waals surface area contributed by atoms with E-state index in [0.29, 0.717) is 13.0 Å². The Labute approximate surface area is 92.3 Å². The highest BCUT2D eigenvalue weighted by atomic mass is 35.5. The highest BCUT2D eigenvalue weighted by Gasteiger charge is 2.26. The molecule has 0 saturated heterocycles. The maximum atomic E-state index is 13.2. The van der Waals surface area contributed by atoms with Crippen LogP contribution in [-0.2, 0) is 6.54 Å². The van der Waals surface area contributed by atoms with Crippen molar-refractivity contribution < 1.29 is 4.39 Å². The lowest BCUT2D eigenvalue weighted by molar-refractivity contribution is 0.279. The summed E-state index contributed by atoms with van der Waals surface area (Å²) < 4.78 is 14.0. The van der Waals surface area contributed by atoms with Crippen molar-refractivity contribution >= 4 is 22.9 Å². The number of hydrogen-bond donors (Lipinski definition) is 1. The Hall–Kier alpha value is -0.120. The zero-order chi connectivity index (χ0) is 9.97. The van der Waals surface area contributed by atoms with Crippen LogP contribution in [0.15, 0.2) is 11.4 Å². The Morgan fingerprint density at radius 3 is 3.00 bits per heavy atom. The molecule has 2 atom stereocenters. The molecule has 78 valence electrons. The van der Waals surface area contributed by atoms with E-state index in [1.807, 2.05) is 11.4 Å². The molecule has 1 fully saturated rings. The second-order valence-corrected chi connectivity index (χ2v) is 5.17. The van der Waals surface area contributed by atoms with Crippen LogP contribution in [0.1, 0.15) is 24.8 Å². The minimum atomic E-state index is -0.674. The van der Waals surface area contributed by atoms with Gasteiger partial charge in [-0.25, -0.2) is 4.39 Å². The van der Waals surface area contributed by atoms with Gasteiger partial charge in [0.25, 0.3) is 0 Å². The molecule has 0 bridgehead atoms. The smallest absolute Gasteiger partial charge is 0.115 e. The van der Waals surface area contributed by atoms with Crippen LogP contribution in [0.5, 0.6) is 0 Å². The number of hydrogen-bond acceptors (Lipinski definition) is 2. The van der Waals surface area contributed by atoms with Crippen LogP contribution in [0.3, 0.4) is 0 Å². The summed E-state index contributed by atoms with van der Waals surface area (Å²) >= 11 is 7.47. The van der Waals surface area contributed by atoms with E-state index in [2.05, 4.69) is 5.32 Å². The fraction of sp³-hybridized carbons (Fsp3) is 0.600. The van der Waals surface area contributed by atoms with Gasteiger partial charge in [0.05, 0.1) is 4.34 Å². The number of alkyl halides is 1. The Balaban J connectivity index is 1.85. The van der Waals surface area contributed by atoms with Gasteiger partial charge in [-0.3, -0.25) is 0 Å². The van der Waals surface area contributed by atoms with Crippen molar-refractivity contribution in [3.63, 3.8) is 0 Å². The molecule has 1 saturated carbocycles. The Morgan fingerprint density at radius 2 is 2.43 bits per heavy atom. The van der Waals surface area contributed by atoms with Gasteiger partial charge in [0, 0.05) is 12.6 Å². The molecule has 1 aromatic heterocycles. The van der Waals surface area contributed by atoms with E-state index in [9.17, 15) is 4.39 Å². The van der Waals surface area contributed by atoms with Crippen LogP contribution < -0.4 is 5.32 Å². The van der Waals surface area contributed by atoms with Crippen molar-refractivity contribution in [1.29, 1.82) is 0 Å². The van der Waals surface area contributed by atoms with Gasteiger partial charge in [-0.05, 0) is 36.3 Å². The monoisotopic (exact) mass is 233 g/mol. The zero-order valence-electron chi connectivity index (χ0n) is 7.80. The summed E-state index contributed by atoms with van der Waals surface area (Å²) in [6.45, 7) is 0.688. The summed E-state index contributed by atoms with van der Waals surface area (Å²) in [6, 6.07) is 2.02. The van der Waals surface area contributed by atoms with Crippen molar-refractivity contribution in [2.75, 3.05) is 0 Å². The molecule has 0 spiro atoms. The van der Waals surface area contributed by atoms with E-state index in [0.717, 1.165) is 22.7 Å². The second kappa shape index (κ2) is 4.60. The van der Waals surface area contributed by atoms with Crippen LogP contribution in [0.25, 0.3) is 0 Å². The standard InChI is InChI=1S/C10H13ClFNS/c11-10-7(4-5-14-10)6-13-9-3-1-2-8(9)12/h4-5,8-9,13H,1-3,6H2/t8-,9+/m0/s1. The van der Waals surface area contributed by atoms with Gasteiger partial charge in [-0.2, -0.15) is 0 Å². The summed E-state index contributed by atoms with van der Waals surface area (Å²) in [7, 11) is 0. The van der Waals surface area contributed by atoms with Gasteiger partial charge < -0.3 is 5.32 Å². The highest BCUT2D eigenvalue weighted by Crippen LogP contribution is 2.25. The third kappa shape index (κ3) is 2.27. The van der Waals surface area contributed by atoms with Gasteiger partial charge in [-0.15, -0.1) is 11.3 Å². The van der Waals surface area contributed by atoms with Gasteiger partial charge in [0.2, 0.25) is 0 Å². The number of rotatable bonds is 3. The Kier molecular flexibility index (Phi) is 3.42. The molecule has 1 aromatic rings. The zero-order valence-corrected chi connectivity index (χ0v) is 9.37. The first-order valence-electron chi connectivity index (χ1n) is 4.86. The molecule has 1 aliphatic rings. The lowest BCUT2D eigenvalue weighted by Crippen LogP contribution is -2.32. The molecule has 0 aromatic carbocycles. The quantitative estimate of drug-likeness (QED) is 0.844. The van der Waals surface area contributed by atoms with E-state index >= 15 is 0 Å². The average Bonchev–Trinajstić information content (AvgIpc) is 2.72. The van der Waals surface area contributed by atoms with Gasteiger partial charge in [0.1, 0.15) is 6.17 Å². The van der Waals surface area contributed by atoms with E-state index in [1.165, 1.54) is 11.3 Å². The molecule has 1 heterocycles. The number of nitrogens with one attached hydrogen (secondary N) is 1. The lowest BCUT2D eigenvalue weighted by Gasteiger charge is -2.14. The molecule has 14 heavy (non-hydrogen) atoms. The lowest BCUT2D eigenvalue weighted by atomic mass is 10.2. The number of halogens is 2. The molecule has 1 aliphatic carbocycles. The molecule has 2 rings (SSSR count). The average molecular weight is 234 g/mol. The summed E-state index contributed by atoms with van der Waals surface area (Å²) in [6.07, 6.45) is 1.97. The normalized spacial score (nSPS) is 27.0. The van der Waals surface area contributed by atoms with Gasteiger partial charge >= 0.3 is 0 Å². The van der Waals surface area contributed by atoms with E-state index in [1.54, 1.807) is 0 Å². The van der Waals surface area contributed by atoms with Crippen molar-refractivity contribution in [2.45, 2.75) is 38.0 Å². The third-order valence-corrected chi connectivity index (χ3v) is 3.93. The van der Waals surface area contributed by atoms with Gasteiger partial charge in [0.15, 0.2) is 0 Å². The molecule has 0 radical (unpaired) electrons. The van der Waals surface area contributed by atoms with E-state index < -0.39 is 6.17 Å². The summed E-state index contributed by atoms with van der Waals surface area (Å²) in [4.78, 5) is 0. The minimum absolute atomic E-state index is 0.0333. The molecule has 0 aliphatic heterocycles. The van der Waals surface area contributed by atoms with Crippen LogP contribution in [0.4, 0.5) is 4.39 Å². The number of thiophene rings is 1. The summed E-state index contributed by atoms with van der Waals surface area (Å²) in [5.41, 5.74) is 1.08. The SMILES string of the molecule is F[C@H]1CCC[C@H]1NCc1ccsc1Cl. The maximum Gasteiger partial charge on any atom is 0.115 e. The van der Waals surface area contributed by atoms with Crippen LogP contribution in [0.2, 0.25) is 4.34 Å². The molecule has 0 unspecified atom stereocenters. The van der Waals surface area contributed by atoms with Crippen LogP contribution in [0, 0.1) is 0 Å². The predicted molar refractivity (Wildman–Crippen MR) is 58.7 cm³/mol. The first-order chi connectivity index (χ1) is 6.77. The first kappa shape index (κ1) is 10.4. The molecule has 4 heteroatoms. The van der Waals surface area contributed by atoms with Crippen molar-refractivity contribution in [3.8, 4) is 0 Å². The second-order valence-electron chi connectivity index (χ2n) is 3.65.